The number of carbonyl (C=O) groups excluding carboxylic acids is 1. The molecule has 0 heterocycles. The van der Waals surface area contributed by atoms with E-state index >= 15 is 0 Å². The summed E-state index contributed by atoms with van der Waals surface area (Å²) in [6.45, 7) is 5.77. The molecule has 5 nitrogen and oxygen atoms in total. The largest absolute Gasteiger partial charge is 0.352 e. The number of anilines is 1. The normalized spacial score (nSPS) is 10.7. The average Bonchev–Trinajstić information content (AvgIpc) is 2.36. The summed E-state index contributed by atoms with van der Waals surface area (Å²) in [6, 6.07) is 6.18. The summed E-state index contributed by atoms with van der Waals surface area (Å²) in [5, 5.41) is 3.56. The van der Waals surface area contributed by atoms with Gasteiger partial charge in [0, 0.05) is 23.2 Å². The Morgan fingerprint density at radius 1 is 1.33 bits per heavy atom. The van der Waals surface area contributed by atoms with Crippen LogP contribution in [0.2, 0.25) is 0 Å². The molecule has 2 N–H and O–H groups in total. The summed E-state index contributed by atoms with van der Waals surface area (Å²) in [5.41, 5.74) is 0.881. The van der Waals surface area contributed by atoms with Crippen molar-refractivity contribution >= 4 is 21.6 Å². The van der Waals surface area contributed by atoms with Crippen molar-refractivity contribution in [2.45, 2.75) is 13.3 Å². The molecule has 0 aliphatic heterocycles. The summed E-state index contributed by atoms with van der Waals surface area (Å²) in [5.74, 6) is -0.171. The van der Waals surface area contributed by atoms with Crippen LogP contribution in [0.4, 0.5) is 5.69 Å². The number of sulfonamides is 1. The van der Waals surface area contributed by atoms with Gasteiger partial charge >= 0.3 is 0 Å². The van der Waals surface area contributed by atoms with E-state index in [-0.39, 0.29) is 5.91 Å². The smallest absolute Gasteiger partial charge is 0.254 e. The standard InChI is InChI=1S/C12H16N2O3S/c1-3-9-13-12(15)10-5-7-11(8-6-10)14-18(16,17)4-2/h4-8,14H,2-3,9H2,1H3,(H,13,15). The molecular weight excluding hydrogens is 252 g/mol. The molecule has 0 saturated carbocycles. The molecule has 1 rings (SSSR count). The third-order valence-electron chi connectivity index (χ3n) is 2.16. The minimum atomic E-state index is -3.51. The van der Waals surface area contributed by atoms with Gasteiger partial charge in [0.25, 0.3) is 15.9 Å². The van der Waals surface area contributed by atoms with Gasteiger partial charge in [0.05, 0.1) is 0 Å². The maximum Gasteiger partial charge on any atom is 0.254 e. The van der Waals surface area contributed by atoms with E-state index in [9.17, 15) is 13.2 Å². The Morgan fingerprint density at radius 2 is 1.94 bits per heavy atom. The molecule has 0 aliphatic rings. The molecule has 0 unspecified atom stereocenters. The van der Waals surface area contributed by atoms with Crippen LogP contribution in [-0.2, 0) is 10.0 Å². The summed E-state index contributed by atoms with van der Waals surface area (Å²) in [7, 11) is -3.51. The van der Waals surface area contributed by atoms with Gasteiger partial charge < -0.3 is 5.32 Å². The quantitative estimate of drug-likeness (QED) is 0.824. The first-order valence-corrected chi connectivity index (χ1v) is 7.06. The van der Waals surface area contributed by atoms with Crippen molar-refractivity contribution < 1.29 is 13.2 Å². The van der Waals surface area contributed by atoms with Gasteiger partial charge in [-0.05, 0) is 30.7 Å². The topological polar surface area (TPSA) is 75.3 Å². The first-order valence-electron chi connectivity index (χ1n) is 5.52. The molecule has 98 valence electrons. The van der Waals surface area contributed by atoms with Crippen LogP contribution in [0.25, 0.3) is 0 Å². The van der Waals surface area contributed by atoms with Gasteiger partial charge in [-0.15, -0.1) is 0 Å². The molecule has 18 heavy (non-hydrogen) atoms. The summed E-state index contributed by atoms with van der Waals surface area (Å²) in [4.78, 5) is 11.6. The molecule has 0 atom stereocenters. The fourth-order valence-corrected chi connectivity index (χ4v) is 1.78. The van der Waals surface area contributed by atoms with Crippen molar-refractivity contribution in [1.82, 2.24) is 5.32 Å². The van der Waals surface area contributed by atoms with Gasteiger partial charge in [-0.2, -0.15) is 0 Å². The van der Waals surface area contributed by atoms with E-state index in [1.54, 1.807) is 12.1 Å². The molecule has 0 spiro atoms. The molecular formula is C12H16N2O3S. The first kappa shape index (κ1) is 14.2. The molecule has 0 aliphatic carbocycles. The van der Waals surface area contributed by atoms with Gasteiger partial charge in [0.2, 0.25) is 0 Å². The fraction of sp³-hybridized carbons (Fsp3) is 0.250. The molecule has 0 fully saturated rings. The van der Waals surface area contributed by atoms with Gasteiger partial charge in [0.15, 0.2) is 0 Å². The Labute approximate surface area is 107 Å². The van der Waals surface area contributed by atoms with E-state index in [4.69, 9.17) is 0 Å². The van der Waals surface area contributed by atoms with Crippen LogP contribution in [0.3, 0.4) is 0 Å². The number of carbonyl (C=O) groups is 1. The second-order valence-corrected chi connectivity index (χ2v) is 5.27. The lowest BCUT2D eigenvalue weighted by atomic mass is 10.2. The van der Waals surface area contributed by atoms with E-state index in [0.717, 1.165) is 11.8 Å². The van der Waals surface area contributed by atoms with Gasteiger partial charge in [0.1, 0.15) is 0 Å². The Balaban J connectivity index is 2.74. The summed E-state index contributed by atoms with van der Waals surface area (Å²) < 4.78 is 24.7. The lowest BCUT2D eigenvalue weighted by molar-refractivity contribution is 0.0953. The van der Waals surface area contributed by atoms with Crippen LogP contribution >= 0.6 is 0 Å². The highest BCUT2D eigenvalue weighted by molar-refractivity contribution is 7.95. The average molecular weight is 268 g/mol. The zero-order valence-corrected chi connectivity index (χ0v) is 11.0. The highest BCUT2D eigenvalue weighted by Gasteiger charge is 2.06. The van der Waals surface area contributed by atoms with Gasteiger partial charge in [-0.1, -0.05) is 13.5 Å². The first-order chi connectivity index (χ1) is 8.48. The summed E-state index contributed by atoms with van der Waals surface area (Å²) in [6.07, 6.45) is 0.864. The van der Waals surface area contributed by atoms with Gasteiger partial charge in [-0.3, -0.25) is 9.52 Å². The second-order valence-electron chi connectivity index (χ2n) is 3.65. The van der Waals surface area contributed by atoms with E-state index in [2.05, 4.69) is 16.6 Å². The lowest BCUT2D eigenvalue weighted by Crippen LogP contribution is -2.23. The maximum atomic E-state index is 11.6. The van der Waals surface area contributed by atoms with Crippen molar-refractivity contribution in [2.24, 2.45) is 0 Å². The molecule has 1 amide bonds. The SMILES string of the molecule is C=CS(=O)(=O)Nc1ccc(C(=O)NCCC)cc1. The summed E-state index contributed by atoms with van der Waals surface area (Å²) >= 11 is 0. The van der Waals surface area contributed by atoms with Crippen LogP contribution in [0.1, 0.15) is 23.7 Å². The van der Waals surface area contributed by atoms with Crippen LogP contribution in [0, 0.1) is 0 Å². The van der Waals surface area contributed by atoms with Crippen LogP contribution in [-0.4, -0.2) is 20.9 Å². The van der Waals surface area contributed by atoms with Crippen molar-refractivity contribution in [3.63, 3.8) is 0 Å². The minimum absolute atomic E-state index is 0.171. The van der Waals surface area contributed by atoms with Crippen molar-refractivity contribution in [2.75, 3.05) is 11.3 Å². The second kappa shape index (κ2) is 6.20. The molecule has 0 bridgehead atoms. The molecule has 0 saturated heterocycles. The van der Waals surface area contributed by atoms with E-state index in [0.29, 0.717) is 17.8 Å². The lowest BCUT2D eigenvalue weighted by Gasteiger charge is -2.06. The number of benzene rings is 1. The number of hydrogen-bond acceptors (Lipinski definition) is 3. The zero-order chi connectivity index (χ0) is 13.6. The van der Waals surface area contributed by atoms with E-state index in [1.165, 1.54) is 12.1 Å². The van der Waals surface area contributed by atoms with Crippen molar-refractivity contribution in [3.05, 3.63) is 41.8 Å². The highest BCUT2D eigenvalue weighted by atomic mass is 32.2. The van der Waals surface area contributed by atoms with E-state index in [1.807, 2.05) is 6.92 Å². The third kappa shape index (κ3) is 4.21. The Kier molecular flexibility index (Phi) is 4.91. The highest BCUT2D eigenvalue weighted by Crippen LogP contribution is 2.11. The Morgan fingerprint density at radius 3 is 2.44 bits per heavy atom. The molecule has 1 aromatic rings. The maximum absolute atomic E-state index is 11.6. The van der Waals surface area contributed by atoms with E-state index < -0.39 is 10.0 Å². The fourth-order valence-electron chi connectivity index (χ4n) is 1.24. The van der Waals surface area contributed by atoms with Crippen LogP contribution in [0.5, 0.6) is 0 Å². The number of amides is 1. The molecule has 0 aromatic heterocycles. The Bertz CT molecular complexity index is 521. The minimum Gasteiger partial charge on any atom is -0.352 e. The molecule has 6 heteroatoms. The van der Waals surface area contributed by atoms with Crippen molar-refractivity contribution in [3.8, 4) is 0 Å². The van der Waals surface area contributed by atoms with Crippen molar-refractivity contribution in [1.29, 1.82) is 0 Å². The molecule has 1 aromatic carbocycles. The zero-order valence-electron chi connectivity index (χ0n) is 10.1. The number of hydrogen-bond donors (Lipinski definition) is 2. The number of nitrogens with one attached hydrogen (secondary N) is 2. The molecule has 0 radical (unpaired) electrons. The van der Waals surface area contributed by atoms with Crippen LogP contribution in [0.15, 0.2) is 36.3 Å². The number of rotatable bonds is 6. The third-order valence-corrected chi connectivity index (χ3v) is 3.12. The van der Waals surface area contributed by atoms with Crippen LogP contribution < -0.4 is 10.0 Å². The Hall–Kier alpha value is -1.82. The predicted octanol–water partition coefficient (Wildman–Crippen LogP) is 1.71. The predicted molar refractivity (Wildman–Crippen MR) is 71.8 cm³/mol. The van der Waals surface area contributed by atoms with Gasteiger partial charge in [-0.25, -0.2) is 8.42 Å². The monoisotopic (exact) mass is 268 g/mol.